The molecule has 0 N–H and O–H groups in total. The summed E-state index contributed by atoms with van der Waals surface area (Å²) < 4.78 is 0. The van der Waals surface area contributed by atoms with E-state index in [1.54, 1.807) is 18.3 Å². The van der Waals surface area contributed by atoms with E-state index < -0.39 is 0 Å². The van der Waals surface area contributed by atoms with E-state index in [9.17, 15) is 4.79 Å². The molecule has 0 atom stereocenters. The molecule has 3 nitrogen and oxygen atoms in total. The van der Waals surface area contributed by atoms with Gasteiger partial charge in [0.2, 0.25) is 0 Å². The quantitative estimate of drug-likeness (QED) is 0.635. The molecule has 0 fully saturated rings. The number of rotatable bonds is 2. The maximum atomic E-state index is 12.2. The average Bonchev–Trinajstić information content (AvgIpc) is 2.43. The fraction of sp³-hybridized carbons (Fsp3) is 0.278. The second-order valence-electron chi connectivity index (χ2n) is 6.26. The van der Waals surface area contributed by atoms with Gasteiger partial charge in [-0.25, -0.2) is 0 Å². The molecule has 4 heteroatoms. The van der Waals surface area contributed by atoms with Crippen LogP contribution in [-0.2, 0) is 4.79 Å². The molecule has 0 aromatic heterocycles. The van der Waals surface area contributed by atoms with Gasteiger partial charge in [-0.1, -0.05) is 44.5 Å². The Balaban J connectivity index is 2.30. The number of Topliss-reactive ketones (excluding diaryl/α,β-unsaturated/α-hetero) is 1. The highest BCUT2D eigenvalue weighted by Gasteiger charge is 2.27. The molecule has 0 saturated carbocycles. The highest BCUT2D eigenvalue weighted by Crippen LogP contribution is 2.32. The van der Waals surface area contributed by atoms with Crippen LogP contribution in [0.15, 0.2) is 69.6 Å². The highest BCUT2D eigenvalue weighted by atomic mass is 35.5. The molecule has 0 aliphatic heterocycles. The molecule has 1 aromatic rings. The van der Waals surface area contributed by atoms with Crippen molar-refractivity contribution in [3.05, 3.63) is 64.4 Å². The number of ketones is 1. The molecule has 0 radical (unpaired) electrons. The summed E-state index contributed by atoms with van der Waals surface area (Å²) in [5.74, 6) is 0.0905. The number of azo groups is 1. The van der Waals surface area contributed by atoms with Gasteiger partial charge in [0.15, 0.2) is 5.78 Å². The van der Waals surface area contributed by atoms with E-state index in [-0.39, 0.29) is 11.2 Å². The summed E-state index contributed by atoms with van der Waals surface area (Å²) in [7, 11) is 0. The van der Waals surface area contributed by atoms with Crippen molar-refractivity contribution in [2.45, 2.75) is 27.7 Å². The van der Waals surface area contributed by atoms with Crippen LogP contribution < -0.4 is 0 Å². The Morgan fingerprint density at radius 1 is 1.14 bits per heavy atom. The Morgan fingerprint density at radius 2 is 1.82 bits per heavy atom. The van der Waals surface area contributed by atoms with Crippen molar-refractivity contribution in [2.24, 2.45) is 15.6 Å². The molecule has 0 heterocycles. The highest BCUT2D eigenvalue weighted by molar-refractivity contribution is 6.32. The van der Waals surface area contributed by atoms with Crippen LogP contribution >= 0.6 is 11.6 Å². The normalized spacial score (nSPS) is 17.9. The molecule has 114 valence electrons. The Morgan fingerprint density at radius 3 is 2.45 bits per heavy atom. The number of halogens is 1. The standard InChI is InChI=1S/C18H19ClN2O/c1-12-9-13(10-14(17(12)22)18(2,3)4)11-20-21-16-8-6-5-7-15(16)19/h5-11H,1-4H3. The SMILES string of the molecule is CC1=CC(=CN=Nc2ccccc2Cl)C=C(C(C)(C)C)C1=O. The zero-order chi connectivity index (χ0) is 16.3. The van der Waals surface area contributed by atoms with Crippen molar-refractivity contribution in [2.75, 3.05) is 0 Å². The number of hydrogen-bond acceptors (Lipinski definition) is 3. The number of allylic oxidation sites excluding steroid dienone is 5. The van der Waals surface area contributed by atoms with Crippen LogP contribution in [0.5, 0.6) is 0 Å². The first-order chi connectivity index (χ1) is 10.3. The summed E-state index contributed by atoms with van der Waals surface area (Å²) in [4.78, 5) is 12.2. The molecular formula is C18H19ClN2O. The summed E-state index contributed by atoms with van der Waals surface area (Å²) in [5, 5.41) is 8.74. The van der Waals surface area contributed by atoms with Crippen LogP contribution in [-0.4, -0.2) is 5.78 Å². The molecule has 1 aliphatic carbocycles. The van der Waals surface area contributed by atoms with E-state index in [0.717, 1.165) is 11.1 Å². The van der Waals surface area contributed by atoms with Gasteiger partial charge in [-0.2, -0.15) is 5.11 Å². The van der Waals surface area contributed by atoms with Gasteiger partial charge in [-0.05, 0) is 47.8 Å². The summed E-state index contributed by atoms with van der Waals surface area (Å²) in [6, 6.07) is 7.27. The van der Waals surface area contributed by atoms with Gasteiger partial charge >= 0.3 is 0 Å². The van der Waals surface area contributed by atoms with E-state index in [4.69, 9.17) is 11.6 Å². The van der Waals surface area contributed by atoms with Crippen LogP contribution in [0, 0.1) is 5.41 Å². The third-order valence-electron chi connectivity index (χ3n) is 3.33. The van der Waals surface area contributed by atoms with Crippen LogP contribution in [0.4, 0.5) is 5.69 Å². The molecule has 0 saturated heterocycles. The largest absolute Gasteiger partial charge is 0.289 e. The molecule has 0 spiro atoms. The van der Waals surface area contributed by atoms with Crippen molar-refractivity contribution in [1.82, 2.24) is 0 Å². The van der Waals surface area contributed by atoms with Gasteiger partial charge in [-0.15, -0.1) is 5.11 Å². The summed E-state index contributed by atoms with van der Waals surface area (Å²) in [6.45, 7) is 7.90. The van der Waals surface area contributed by atoms with Gasteiger partial charge in [-0.3, -0.25) is 4.79 Å². The smallest absolute Gasteiger partial charge is 0.185 e. The van der Waals surface area contributed by atoms with Gasteiger partial charge in [0.05, 0.1) is 11.2 Å². The first kappa shape index (κ1) is 16.4. The molecule has 0 amide bonds. The second kappa shape index (κ2) is 6.41. The minimum Gasteiger partial charge on any atom is -0.289 e. The molecule has 1 aromatic carbocycles. The van der Waals surface area contributed by atoms with Crippen molar-refractivity contribution >= 4 is 23.1 Å². The number of benzene rings is 1. The monoisotopic (exact) mass is 314 g/mol. The number of nitrogens with zero attached hydrogens (tertiary/aromatic N) is 2. The Kier molecular flexibility index (Phi) is 4.77. The predicted octanol–water partition coefficient (Wildman–Crippen LogP) is 5.81. The van der Waals surface area contributed by atoms with E-state index in [1.807, 2.05) is 52.0 Å². The van der Waals surface area contributed by atoms with Gasteiger partial charge in [0, 0.05) is 5.57 Å². The Labute approximate surface area is 136 Å². The number of carbonyl (C=O) groups is 1. The minimum absolute atomic E-state index is 0.0905. The molecule has 2 rings (SSSR count). The zero-order valence-corrected chi connectivity index (χ0v) is 14.0. The third kappa shape index (κ3) is 3.80. The van der Waals surface area contributed by atoms with Gasteiger partial charge in [0.1, 0.15) is 5.69 Å². The van der Waals surface area contributed by atoms with Crippen LogP contribution in [0.25, 0.3) is 0 Å². The third-order valence-corrected chi connectivity index (χ3v) is 3.65. The number of hydrogen-bond donors (Lipinski definition) is 0. The van der Waals surface area contributed by atoms with Crippen molar-refractivity contribution in [1.29, 1.82) is 0 Å². The van der Waals surface area contributed by atoms with Crippen LogP contribution in [0.2, 0.25) is 5.02 Å². The fourth-order valence-electron chi connectivity index (χ4n) is 2.12. The lowest BCUT2D eigenvalue weighted by Crippen LogP contribution is -2.21. The van der Waals surface area contributed by atoms with Crippen molar-refractivity contribution in [3.8, 4) is 0 Å². The zero-order valence-electron chi connectivity index (χ0n) is 13.2. The maximum absolute atomic E-state index is 12.2. The van der Waals surface area contributed by atoms with Crippen molar-refractivity contribution in [3.63, 3.8) is 0 Å². The Bertz CT molecular complexity index is 719. The first-order valence-corrected chi connectivity index (χ1v) is 7.47. The minimum atomic E-state index is -0.203. The van der Waals surface area contributed by atoms with Gasteiger partial charge < -0.3 is 0 Å². The average molecular weight is 315 g/mol. The second-order valence-corrected chi connectivity index (χ2v) is 6.67. The lowest BCUT2D eigenvalue weighted by atomic mass is 9.78. The predicted molar refractivity (Wildman–Crippen MR) is 90.4 cm³/mol. The summed E-state index contributed by atoms with van der Waals surface area (Å²) in [5.41, 5.74) is 2.77. The van der Waals surface area contributed by atoms with Crippen LogP contribution in [0.1, 0.15) is 27.7 Å². The maximum Gasteiger partial charge on any atom is 0.185 e. The fourth-order valence-corrected chi connectivity index (χ4v) is 2.30. The topological polar surface area (TPSA) is 41.8 Å². The molecule has 0 unspecified atom stereocenters. The summed E-state index contributed by atoms with van der Waals surface area (Å²) in [6.07, 6.45) is 5.34. The Hall–Kier alpha value is -2.00. The lowest BCUT2D eigenvalue weighted by Gasteiger charge is -2.24. The summed E-state index contributed by atoms with van der Waals surface area (Å²) >= 11 is 6.03. The van der Waals surface area contributed by atoms with Gasteiger partial charge in [0.25, 0.3) is 0 Å². The van der Waals surface area contributed by atoms with Crippen molar-refractivity contribution < 1.29 is 4.79 Å². The molecular weight excluding hydrogens is 296 g/mol. The molecule has 22 heavy (non-hydrogen) atoms. The number of carbonyl (C=O) groups excluding carboxylic acids is 1. The van der Waals surface area contributed by atoms with E-state index in [0.29, 0.717) is 16.3 Å². The molecule has 1 aliphatic rings. The van der Waals surface area contributed by atoms with Crippen LogP contribution in [0.3, 0.4) is 0 Å². The van der Waals surface area contributed by atoms with E-state index >= 15 is 0 Å². The lowest BCUT2D eigenvalue weighted by molar-refractivity contribution is -0.113. The molecule has 0 bridgehead atoms. The van der Waals surface area contributed by atoms with E-state index in [2.05, 4.69) is 10.2 Å². The first-order valence-electron chi connectivity index (χ1n) is 7.10. The van der Waals surface area contributed by atoms with E-state index in [1.165, 1.54) is 0 Å².